The molecular formula is C10H8N2O5S. The molecule has 0 radical (unpaired) electrons. The number of non-ortho nitro benzene ring substituents is 1. The van der Waals surface area contributed by atoms with Gasteiger partial charge in [-0.1, -0.05) is 11.3 Å². The average Bonchev–Trinajstić information content (AvgIpc) is 2.64. The number of benzene rings is 1. The summed E-state index contributed by atoms with van der Waals surface area (Å²) in [7, 11) is 1.23. The number of rotatable bonds is 3. The molecule has 1 aromatic carbocycles. The zero-order chi connectivity index (χ0) is 13.3. The maximum Gasteiger partial charge on any atom is 0.325 e. The topological polar surface area (TPSA) is 91.4 Å². The van der Waals surface area contributed by atoms with Crippen LogP contribution in [0.1, 0.15) is 0 Å². The van der Waals surface area contributed by atoms with Gasteiger partial charge in [-0.2, -0.15) is 0 Å². The van der Waals surface area contributed by atoms with E-state index >= 15 is 0 Å². The van der Waals surface area contributed by atoms with Gasteiger partial charge in [0.25, 0.3) is 5.69 Å². The molecule has 18 heavy (non-hydrogen) atoms. The minimum atomic E-state index is -0.546. The van der Waals surface area contributed by atoms with Crippen molar-refractivity contribution in [3.8, 4) is 0 Å². The Hall–Kier alpha value is -2.22. The maximum atomic E-state index is 11.7. The third-order valence-corrected chi connectivity index (χ3v) is 3.32. The number of fused-ring (bicyclic) bond motifs is 1. The first-order valence-corrected chi connectivity index (χ1v) is 5.69. The van der Waals surface area contributed by atoms with Gasteiger partial charge in [-0.3, -0.25) is 24.3 Å². The predicted molar refractivity (Wildman–Crippen MR) is 64.8 cm³/mol. The van der Waals surface area contributed by atoms with Crippen LogP contribution in [0.2, 0.25) is 0 Å². The van der Waals surface area contributed by atoms with Crippen molar-refractivity contribution in [2.75, 3.05) is 7.11 Å². The van der Waals surface area contributed by atoms with Crippen LogP contribution in [-0.2, 0) is 16.1 Å². The molecule has 0 atom stereocenters. The molecule has 0 aliphatic heterocycles. The van der Waals surface area contributed by atoms with E-state index in [0.717, 1.165) is 11.3 Å². The van der Waals surface area contributed by atoms with Crippen LogP contribution in [0.5, 0.6) is 0 Å². The van der Waals surface area contributed by atoms with Crippen molar-refractivity contribution in [3.63, 3.8) is 0 Å². The molecule has 0 N–H and O–H groups in total. The molecule has 7 nitrogen and oxygen atoms in total. The summed E-state index contributed by atoms with van der Waals surface area (Å²) in [5, 5.41) is 10.6. The molecule has 8 heteroatoms. The first-order valence-electron chi connectivity index (χ1n) is 4.87. The highest BCUT2D eigenvalue weighted by molar-refractivity contribution is 7.16. The monoisotopic (exact) mass is 268 g/mol. The fourth-order valence-corrected chi connectivity index (χ4v) is 2.44. The Labute approximate surface area is 104 Å². The Morgan fingerprint density at radius 3 is 2.89 bits per heavy atom. The first-order chi connectivity index (χ1) is 8.52. The average molecular weight is 268 g/mol. The minimum Gasteiger partial charge on any atom is -0.468 e. The van der Waals surface area contributed by atoms with Crippen LogP contribution in [0.4, 0.5) is 5.69 Å². The molecule has 0 bridgehead atoms. The number of esters is 1. The molecule has 0 aliphatic rings. The second-order valence-electron chi connectivity index (χ2n) is 3.44. The fraction of sp³-hybridized carbons (Fsp3) is 0.200. The largest absolute Gasteiger partial charge is 0.468 e. The van der Waals surface area contributed by atoms with E-state index in [1.165, 1.54) is 29.9 Å². The Morgan fingerprint density at radius 2 is 2.28 bits per heavy atom. The molecule has 94 valence electrons. The summed E-state index contributed by atoms with van der Waals surface area (Å²) < 4.78 is 6.19. The molecule has 0 spiro atoms. The molecular weight excluding hydrogens is 260 g/mol. The molecule has 0 fully saturated rings. The lowest BCUT2D eigenvalue weighted by molar-refractivity contribution is -0.384. The summed E-state index contributed by atoms with van der Waals surface area (Å²) in [6.07, 6.45) is 0. The number of methoxy groups -OCH3 is 1. The van der Waals surface area contributed by atoms with Gasteiger partial charge >= 0.3 is 10.8 Å². The van der Waals surface area contributed by atoms with Crippen molar-refractivity contribution in [2.45, 2.75) is 6.54 Å². The van der Waals surface area contributed by atoms with Gasteiger partial charge in [0.05, 0.1) is 22.2 Å². The number of hydrogen-bond donors (Lipinski definition) is 0. The summed E-state index contributed by atoms with van der Waals surface area (Å²) in [5.74, 6) is -0.546. The summed E-state index contributed by atoms with van der Waals surface area (Å²) in [6, 6.07) is 4.06. The van der Waals surface area contributed by atoms with Crippen LogP contribution >= 0.6 is 11.3 Å². The van der Waals surface area contributed by atoms with Crippen LogP contribution in [-0.4, -0.2) is 22.6 Å². The first kappa shape index (κ1) is 12.2. The maximum absolute atomic E-state index is 11.7. The van der Waals surface area contributed by atoms with Crippen LogP contribution in [0.25, 0.3) is 10.2 Å². The van der Waals surface area contributed by atoms with Crippen molar-refractivity contribution in [2.24, 2.45) is 0 Å². The van der Waals surface area contributed by atoms with Gasteiger partial charge < -0.3 is 4.74 Å². The van der Waals surface area contributed by atoms with E-state index in [0.29, 0.717) is 10.2 Å². The Balaban J connectivity index is 2.55. The Kier molecular flexibility index (Phi) is 3.11. The number of carbonyl (C=O) groups excluding carboxylic acids is 1. The SMILES string of the molecule is COC(=O)Cn1c(=O)sc2cc([N+](=O)[O-])ccc21. The number of nitro groups is 1. The molecule has 0 unspecified atom stereocenters. The second-order valence-corrected chi connectivity index (χ2v) is 4.43. The number of hydrogen-bond acceptors (Lipinski definition) is 6. The molecule has 2 aromatic rings. The van der Waals surface area contributed by atoms with E-state index in [-0.39, 0.29) is 17.1 Å². The van der Waals surface area contributed by atoms with Gasteiger partial charge in [0.1, 0.15) is 6.54 Å². The summed E-state index contributed by atoms with van der Waals surface area (Å²) in [6.45, 7) is -0.201. The number of carbonyl (C=O) groups is 1. The van der Waals surface area contributed by atoms with Crippen molar-refractivity contribution in [3.05, 3.63) is 38.0 Å². The second kappa shape index (κ2) is 4.57. The molecule has 1 heterocycles. The summed E-state index contributed by atoms with van der Waals surface area (Å²) in [5.41, 5.74) is 0.398. The normalized spacial score (nSPS) is 10.5. The number of nitro benzene ring substituents is 1. The van der Waals surface area contributed by atoms with E-state index < -0.39 is 10.9 Å². The lowest BCUT2D eigenvalue weighted by atomic mass is 10.3. The Morgan fingerprint density at radius 1 is 1.56 bits per heavy atom. The highest BCUT2D eigenvalue weighted by Crippen LogP contribution is 2.23. The molecule has 0 aliphatic carbocycles. The quantitative estimate of drug-likeness (QED) is 0.473. The number of nitrogens with zero attached hydrogens (tertiary/aromatic N) is 2. The van der Waals surface area contributed by atoms with Gasteiger partial charge in [-0.05, 0) is 6.07 Å². The van der Waals surface area contributed by atoms with Crippen LogP contribution in [0.3, 0.4) is 0 Å². The van der Waals surface area contributed by atoms with Gasteiger partial charge in [0.2, 0.25) is 0 Å². The minimum absolute atomic E-state index is 0.0889. The smallest absolute Gasteiger partial charge is 0.325 e. The predicted octanol–water partition coefficient (Wildman–Crippen LogP) is 1.14. The number of ether oxygens (including phenoxy) is 1. The van der Waals surface area contributed by atoms with Crippen LogP contribution in [0.15, 0.2) is 23.0 Å². The third kappa shape index (κ3) is 2.09. The zero-order valence-electron chi connectivity index (χ0n) is 9.28. The van der Waals surface area contributed by atoms with Crippen molar-refractivity contribution >= 4 is 33.2 Å². The zero-order valence-corrected chi connectivity index (χ0v) is 10.1. The van der Waals surface area contributed by atoms with Crippen molar-refractivity contribution in [1.29, 1.82) is 0 Å². The number of aromatic nitrogens is 1. The van der Waals surface area contributed by atoms with Crippen LogP contribution < -0.4 is 4.87 Å². The van der Waals surface area contributed by atoms with Gasteiger partial charge in [-0.25, -0.2) is 0 Å². The van der Waals surface area contributed by atoms with E-state index in [2.05, 4.69) is 4.74 Å². The fourth-order valence-electron chi connectivity index (χ4n) is 1.51. The molecule has 2 rings (SSSR count). The van der Waals surface area contributed by atoms with Crippen LogP contribution in [0, 0.1) is 10.1 Å². The van der Waals surface area contributed by atoms with E-state index in [9.17, 15) is 19.7 Å². The highest BCUT2D eigenvalue weighted by Gasteiger charge is 2.14. The van der Waals surface area contributed by atoms with Gasteiger partial charge in [-0.15, -0.1) is 0 Å². The third-order valence-electron chi connectivity index (χ3n) is 2.38. The van der Waals surface area contributed by atoms with Gasteiger partial charge in [0.15, 0.2) is 0 Å². The Bertz CT molecular complexity index is 687. The van der Waals surface area contributed by atoms with E-state index in [4.69, 9.17) is 0 Å². The lowest BCUT2D eigenvalue weighted by Gasteiger charge is -2.01. The lowest BCUT2D eigenvalue weighted by Crippen LogP contribution is -2.19. The standard InChI is InChI=1S/C10H8N2O5S/c1-17-9(13)5-11-7-3-2-6(12(15)16)4-8(7)18-10(11)14/h2-4H,5H2,1H3. The number of thiazole rings is 1. The van der Waals surface area contributed by atoms with Crippen molar-refractivity contribution in [1.82, 2.24) is 4.57 Å². The summed E-state index contributed by atoms with van der Waals surface area (Å²) in [4.78, 5) is 32.6. The molecule has 0 saturated heterocycles. The van der Waals surface area contributed by atoms with Crippen molar-refractivity contribution < 1.29 is 14.5 Å². The summed E-state index contributed by atoms with van der Waals surface area (Å²) >= 11 is 0.858. The highest BCUT2D eigenvalue weighted by atomic mass is 32.1. The molecule has 0 saturated carbocycles. The van der Waals surface area contributed by atoms with Gasteiger partial charge in [0, 0.05) is 12.1 Å². The van der Waals surface area contributed by atoms with E-state index in [1.807, 2.05) is 0 Å². The molecule has 1 aromatic heterocycles. The van der Waals surface area contributed by atoms with E-state index in [1.54, 1.807) is 0 Å². The molecule has 0 amide bonds.